The van der Waals surface area contributed by atoms with Crippen LogP contribution in [0, 0.1) is 5.41 Å². The fourth-order valence-corrected chi connectivity index (χ4v) is 0.526. The van der Waals surface area contributed by atoms with Crippen molar-refractivity contribution in [2.75, 3.05) is 0 Å². The summed E-state index contributed by atoms with van der Waals surface area (Å²) in [4.78, 5) is 10.2. The minimum atomic E-state index is -2.50. The second-order valence-corrected chi connectivity index (χ2v) is 2.93. The van der Waals surface area contributed by atoms with Gasteiger partial charge in [0.1, 0.15) is 0 Å². The summed E-state index contributed by atoms with van der Waals surface area (Å²) in [6, 6.07) is 0. The van der Waals surface area contributed by atoms with Crippen molar-refractivity contribution in [3.05, 3.63) is 0 Å². The molecular weight excluding hydrogens is 140 g/mol. The maximum Gasteiger partial charge on any atom is 0.244 e. The smallest absolute Gasteiger partial charge is 0.244 e. The minimum absolute atomic E-state index is 0.273. The molecule has 0 unspecified atom stereocenters. The highest BCUT2D eigenvalue weighted by Crippen LogP contribution is 2.27. The summed E-state index contributed by atoms with van der Waals surface area (Å²) in [5.41, 5.74) is 3.46. The molecule has 0 aromatic rings. The van der Waals surface area contributed by atoms with Crippen molar-refractivity contribution in [1.29, 1.82) is 0 Å². The molecule has 60 valence electrons. The van der Waals surface area contributed by atoms with Gasteiger partial charge in [-0.05, 0) is 0 Å². The van der Waals surface area contributed by atoms with E-state index in [-0.39, 0.29) is 6.42 Å². The third-order valence-corrected chi connectivity index (χ3v) is 1.22. The van der Waals surface area contributed by atoms with Crippen molar-refractivity contribution >= 4 is 5.91 Å². The van der Waals surface area contributed by atoms with Gasteiger partial charge in [-0.3, -0.25) is 4.79 Å². The van der Waals surface area contributed by atoms with Gasteiger partial charge in [-0.25, -0.2) is 8.78 Å². The molecule has 0 saturated carbocycles. The lowest BCUT2D eigenvalue weighted by atomic mass is 9.90. The van der Waals surface area contributed by atoms with E-state index >= 15 is 0 Å². The summed E-state index contributed by atoms with van der Waals surface area (Å²) in [6.45, 7) is 2.62. The summed E-state index contributed by atoms with van der Waals surface area (Å²) in [7, 11) is 0. The van der Waals surface area contributed by atoms with E-state index in [4.69, 9.17) is 5.73 Å². The van der Waals surface area contributed by atoms with Crippen molar-refractivity contribution in [2.45, 2.75) is 26.7 Å². The monoisotopic (exact) mass is 151 g/mol. The van der Waals surface area contributed by atoms with Crippen LogP contribution in [0.2, 0.25) is 0 Å². The average molecular weight is 151 g/mol. The summed E-state index contributed by atoms with van der Waals surface area (Å²) < 4.78 is 23.9. The summed E-state index contributed by atoms with van der Waals surface area (Å²) in [6.07, 6.45) is -2.77. The molecule has 0 radical (unpaired) electrons. The van der Waals surface area contributed by atoms with Gasteiger partial charge in [0.25, 0.3) is 0 Å². The van der Waals surface area contributed by atoms with Crippen molar-refractivity contribution in [2.24, 2.45) is 11.1 Å². The van der Waals surface area contributed by atoms with E-state index in [1.165, 1.54) is 13.8 Å². The van der Waals surface area contributed by atoms with E-state index < -0.39 is 17.7 Å². The Balaban J connectivity index is 3.99. The van der Waals surface area contributed by atoms with Crippen LogP contribution in [0.3, 0.4) is 0 Å². The normalized spacial score (nSPS) is 12.1. The number of hydrogen-bond donors (Lipinski definition) is 1. The molecule has 1 amide bonds. The number of carbonyl (C=O) groups excluding carboxylic acids is 1. The van der Waals surface area contributed by atoms with Crippen LogP contribution >= 0.6 is 0 Å². The second-order valence-electron chi connectivity index (χ2n) is 2.93. The molecular formula is C6H11F2NO. The lowest BCUT2D eigenvalue weighted by Crippen LogP contribution is -2.28. The summed E-state index contributed by atoms with van der Waals surface area (Å²) >= 11 is 0. The highest BCUT2D eigenvalue weighted by Gasteiger charge is 2.30. The highest BCUT2D eigenvalue weighted by molar-refractivity contribution is 5.74. The molecule has 0 aliphatic carbocycles. The quantitative estimate of drug-likeness (QED) is 0.646. The Morgan fingerprint density at radius 1 is 1.60 bits per heavy atom. The maximum atomic E-state index is 12.0. The third-order valence-electron chi connectivity index (χ3n) is 1.22. The number of nitrogens with two attached hydrogens (primary N) is 1. The topological polar surface area (TPSA) is 43.1 Å². The maximum absolute atomic E-state index is 12.0. The van der Waals surface area contributed by atoms with Gasteiger partial charge in [0.05, 0.1) is 0 Å². The lowest BCUT2D eigenvalue weighted by molar-refractivity contribution is -0.122. The average Bonchev–Trinajstić information content (AvgIpc) is 1.60. The number of rotatable bonds is 3. The first kappa shape index (κ1) is 9.33. The van der Waals surface area contributed by atoms with Crippen LogP contribution < -0.4 is 5.73 Å². The first-order valence-electron chi connectivity index (χ1n) is 2.93. The van der Waals surface area contributed by atoms with Gasteiger partial charge in [0, 0.05) is 11.8 Å². The molecule has 10 heavy (non-hydrogen) atoms. The second kappa shape index (κ2) is 2.94. The predicted octanol–water partition coefficient (Wildman–Crippen LogP) is 1.15. The lowest BCUT2D eigenvalue weighted by Gasteiger charge is -2.20. The van der Waals surface area contributed by atoms with Crippen LogP contribution in [0.15, 0.2) is 0 Å². The fourth-order valence-electron chi connectivity index (χ4n) is 0.526. The molecule has 0 spiro atoms. The number of carbonyl (C=O) groups is 1. The van der Waals surface area contributed by atoms with Crippen LogP contribution in [0.5, 0.6) is 0 Å². The van der Waals surface area contributed by atoms with Crippen molar-refractivity contribution in [3.8, 4) is 0 Å². The molecule has 2 N–H and O–H groups in total. The van der Waals surface area contributed by atoms with E-state index in [1.807, 2.05) is 0 Å². The fraction of sp³-hybridized carbons (Fsp3) is 0.833. The van der Waals surface area contributed by atoms with Gasteiger partial charge >= 0.3 is 0 Å². The zero-order valence-electron chi connectivity index (χ0n) is 6.03. The van der Waals surface area contributed by atoms with Gasteiger partial charge in [-0.2, -0.15) is 0 Å². The number of hydrogen-bond acceptors (Lipinski definition) is 1. The zero-order valence-corrected chi connectivity index (χ0v) is 6.03. The molecule has 0 aliphatic rings. The van der Waals surface area contributed by atoms with Crippen molar-refractivity contribution < 1.29 is 13.6 Å². The minimum Gasteiger partial charge on any atom is -0.370 e. The molecule has 0 aromatic heterocycles. The molecule has 0 aromatic carbocycles. The molecule has 0 aliphatic heterocycles. The van der Waals surface area contributed by atoms with Crippen LogP contribution in [0.1, 0.15) is 20.3 Å². The Hall–Kier alpha value is -0.670. The third kappa shape index (κ3) is 2.75. The van der Waals surface area contributed by atoms with Gasteiger partial charge in [-0.15, -0.1) is 0 Å². The van der Waals surface area contributed by atoms with Gasteiger partial charge in [0.2, 0.25) is 12.3 Å². The van der Waals surface area contributed by atoms with Gasteiger partial charge in [0.15, 0.2) is 0 Å². The van der Waals surface area contributed by atoms with Crippen molar-refractivity contribution in [1.82, 2.24) is 0 Å². The molecule has 2 nitrogen and oxygen atoms in total. The van der Waals surface area contributed by atoms with E-state index in [0.29, 0.717) is 0 Å². The van der Waals surface area contributed by atoms with Crippen LogP contribution in [-0.2, 0) is 4.79 Å². The van der Waals surface area contributed by atoms with Crippen LogP contribution in [-0.4, -0.2) is 12.3 Å². The standard InChI is InChI=1S/C6H11F2NO/c1-6(2,5(7)8)3-4(9)10/h5H,3H2,1-2H3,(H2,9,10). The molecule has 0 rings (SSSR count). The predicted molar refractivity (Wildman–Crippen MR) is 33.6 cm³/mol. The Labute approximate surface area is 58.4 Å². The van der Waals surface area contributed by atoms with Crippen LogP contribution in [0.25, 0.3) is 0 Å². The molecule has 4 heteroatoms. The highest BCUT2D eigenvalue weighted by atomic mass is 19.3. The number of alkyl halides is 2. The van der Waals surface area contributed by atoms with E-state index in [9.17, 15) is 13.6 Å². The number of amides is 1. The Morgan fingerprint density at radius 2 is 2.00 bits per heavy atom. The van der Waals surface area contributed by atoms with Crippen molar-refractivity contribution in [3.63, 3.8) is 0 Å². The SMILES string of the molecule is CC(C)(CC(N)=O)C(F)F. The molecule has 0 saturated heterocycles. The molecule has 0 fully saturated rings. The number of halogens is 2. The zero-order chi connectivity index (χ0) is 8.36. The van der Waals surface area contributed by atoms with Gasteiger partial charge in [-0.1, -0.05) is 13.8 Å². The Kier molecular flexibility index (Phi) is 2.75. The van der Waals surface area contributed by atoms with Crippen LogP contribution in [0.4, 0.5) is 8.78 Å². The Morgan fingerprint density at radius 3 is 2.10 bits per heavy atom. The van der Waals surface area contributed by atoms with E-state index in [1.54, 1.807) is 0 Å². The summed E-state index contributed by atoms with van der Waals surface area (Å²) in [5.74, 6) is -0.690. The first-order valence-corrected chi connectivity index (χ1v) is 2.93. The van der Waals surface area contributed by atoms with E-state index in [0.717, 1.165) is 0 Å². The molecule has 0 heterocycles. The first-order chi connectivity index (χ1) is 4.36. The Bertz CT molecular complexity index is 134. The van der Waals surface area contributed by atoms with Gasteiger partial charge < -0.3 is 5.73 Å². The summed E-state index contributed by atoms with van der Waals surface area (Å²) in [5, 5.41) is 0. The molecule has 0 atom stereocenters. The molecule has 0 bridgehead atoms. The van der Waals surface area contributed by atoms with E-state index in [2.05, 4.69) is 0 Å². The largest absolute Gasteiger partial charge is 0.370 e. The number of primary amides is 1.